The number of esters is 1. The van der Waals surface area contributed by atoms with Crippen molar-refractivity contribution in [1.29, 1.82) is 0 Å². The number of sulfonamides is 1. The molecule has 0 amide bonds. The predicted octanol–water partition coefficient (Wildman–Crippen LogP) is 0.463. The standard InChI is InChI=1S/C14H30N2O5S/c1-13(2)12-16(8-6-14(17)21-4)9-7-15-22(18,19)11-5-10-20-3/h13,15H,5-12H2,1-4H3. The molecule has 0 fully saturated rings. The van der Waals surface area contributed by atoms with Crippen molar-refractivity contribution in [2.75, 3.05) is 52.8 Å². The van der Waals surface area contributed by atoms with Crippen LogP contribution in [-0.4, -0.2) is 72.0 Å². The fourth-order valence-electron chi connectivity index (χ4n) is 1.99. The van der Waals surface area contributed by atoms with Crippen molar-refractivity contribution in [1.82, 2.24) is 9.62 Å². The van der Waals surface area contributed by atoms with Crippen LogP contribution >= 0.6 is 0 Å². The molecule has 0 rings (SSSR count). The first-order valence-corrected chi connectivity index (χ1v) is 9.21. The molecule has 132 valence electrons. The third kappa shape index (κ3) is 11.9. The van der Waals surface area contributed by atoms with Crippen LogP contribution in [0.25, 0.3) is 0 Å². The first-order chi connectivity index (χ1) is 10.3. The van der Waals surface area contributed by atoms with Gasteiger partial charge in [0.1, 0.15) is 0 Å². The Kier molecular flexibility index (Phi) is 11.4. The number of ether oxygens (including phenoxy) is 2. The third-order valence-corrected chi connectivity index (χ3v) is 4.46. The molecule has 0 unspecified atom stereocenters. The zero-order valence-electron chi connectivity index (χ0n) is 14.1. The average Bonchev–Trinajstić information content (AvgIpc) is 2.43. The molecular weight excluding hydrogens is 308 g/mol. The second kappa shape index (κ2) is 11.8. The Balaban J connectivity index is 4.18. The summed E-state index contributed by atoms with van der Waals surface area (Å²) in [6.45, 7) is 6.88. The first-order valence-electron chi connectivity index (χ1n) is 7.56. The van der Waals surface area contributed by atoms with Crippen molar-refractivity contribution in [3.05, 3.63) is 0 Å². The van der Waals surface area contributed by atoms with E-state index >= 15 is 0 Å². The minimum Gasteiger partial charge on any atom is -0.469 e. The topological polar surface area (TPSA) is 84.9 Å². The molecule has 1 N–H and O–H groups in total. The van der Waals surface area contributed by atoms with Crippen LogP contribution in [0.2, 0.25) is 0 Å². The Labute approximate surface area is 134 Å². The fourth-order valence-corrected chi connectivity index (χ4v) is 3.03. The number of carbonyl (C=O) groups is 1. The number of rotatable bonds is 13. The van der Waals surface area contributed by atoms with Gasteiger partial charge in [-0.25, -0.2) is 13.1 Å². The lowest BCUT2D eigenvalue weighted by molar-refractivity contribution is -0.141. The molecule has 7 nitrogen and oxygen atoms in total. The van der Waals surface area contributed by atoms with Gasteiger partial charge in [0.2, 0.25) is 10.0 Å². The van der Waals surface area contributed by atoms with Gasteiger partial charge >= 0.3 is 5.97 Å². The van der Waals surface area contributed by atoms with Crippen LogP contribution in [0.3, 0.4) is 0 Å². The summed E-state index contributed by atoms with van der Waals surface area (Å²) < 4.78 is 35.6. The second-order valence-corrected chi connectivity index (χ2v) is 7.51. The van der Waals surface area contributed by atoms with Crippen molar-refractivity contribution in [3.8, 4) is 0 Å². The van der Waals surface area contributed by atoms with Gasteiger partial charge in [0.15, 0.2) is 0 Å². The lowest BCUT2D eigenvalue weighted by atomic mass is 10.2. The highest BCUT2D eigenvalue weighted by Gasteiger charge is 2.13. The molecule has 0 aromatic carbocycles. The predicted molar refractivity (Wildman–Crippen MR) is 86.2 cm³/mol. The summed E-state index contributed by atoms with van der Waals surface area (Å²) in [6, 6.07) is 0. The SMILES string of the molecule is COCCCS(=O)(=O)NCCN(CCC(=O)OC)CC(C)C. The monoisotopic (exact) mass is 338 g/mol. The van der Waals surface area contributed by atoms with E-state index in [4.69, 9.17) is 4.74 Å². The lowest BCUT2D eigenvalue weighted by Crippen LogP contribution is -2.38. The van der Waals surface area contributed by atoms with Crippen LogP contribution in [0.5, 0.6) is 0 Å². The van der Waals surface area contributed by atoms with Crippen LogP contribution in [0.15, 0.2) is 0 Å². The summed E-state index contributed by atoms with van der Waals surface area (Å²) in [5, 5.41) is 0. The van der Waals surface area contributed by atoms with Crippen LogP contribution in [0, 0.1) is 5.92 Å². The molecule has 0 radical (unpaired) electrons. The molecule has 0 aromatic heterocycles. The molecule has 0 saturated heterocycles. The summed E-state index contributed by atoms with van der Waals surface area (Å²) in [5.41, 5.74) is 0. The number of hydrogen-bond donors (Lipinski definition) is 1. The Morgan fingerprint density at radius 1 is 1.23 bits per heavy atom. The molecule has 0 spiro atoms. The van der Waals surface area contributed by atoms with Crippen LogP contribution in [0.4, 0.5) is 0 Å². The van der Waals surface area contributed by atoms with Crippen LogP contribution < -0.4 is 4.72 Å². The quantitative estimate of drug-likeness (QED) is 0.388. The van der Waals surface area contributed by atoms with Gasteiger partial charge in [-0.2, -0.15) is 0 Å². The van der Waals surface area contributed by atoms with Crippen molar-refractivity contribution < 1.29 is 22.7 Å². The highest BCUT2D eigenvalue weighted by Crippen LogP contribution is 2.01. The normalized spacial score (nSPS) is 12.1. The van der Waals surface area contributed by atoms with Crippen molar-refractivity contribution in [2.24, 2.45) is 5.92 Å². The first kappa shape index (κ1) is 21.3. The maximum absolute atomic E-state index is 11.8. The smallest absolute Gasteiger partial charge is 0.306 e. The molecule has 0 aliphatic carbocycles. The summed E-state index contributed by atoms with van der Waals surface area (Å²) in [6.07, 6.45) is 0.785. The Morgan fingerprint density at radius 3 is 2.45 bits per heavy atom. The lowest BCUT2D eigenvalue weighted by Gasteiger charge is -2.23. The molecule has 8 heteroatoms. The molecule has 0 heterocycles. The van der Waals surface area contributed by atoms with Gasteiger partial charge in [-0.15, -0.1) is 0 Å². The summed E-state index contributed by atoms with van der Waals surface area (Å²) in [7, 11) is -0.351. The van der Waals surface area contributed by atoms with Crippen molar-refractivity contribution in [3.63, 3.8) is 0 Å². The Hall–Kier alpha value is -0.700. The largest absolute Gasteiger partial charge is 0.469 e. The molecule has 0 aliphatic rings. The number of nitrogens with zero attached hydrogens (tertiary/aromatic N) is 1. The van der Waals surface area contributed by atoms with Gasteiger partial charge in [0.25, 0.3) is 0 Å². The third-order valence-electron chi connectivity index (χ3n) is 2.99. The van der Waals surface area contributed by atoms with E-state index in [9.17, 15) is 13.2 Å². The van der Waals surface area contributed by atoms with Gasteiger partial charge < -0.3 is 14.4 Å². The average molecular weight is 338 g/mol. The molecule has 0 aliphatic heterocycles. The van der Waals surface area contributed by atoms with Crippen LogP contribution in [0.1, 0.15) is 26.7 Å². The summed E-state index contributed by atoms with van der Waals surface area (Å²) in [5.74, 6) is 0.248. The van der Waals surface area contributed by atoms with E-state index in [2.05, 4.69) is 28.2 Å². The van der Waals surface area contributed by atoms with E-state index in [-0.39, 0.29) is 11.7 Å². The van der Waals surface area contributed by atoms with Crippen molar-refractivity contribution in [2.45, 2.75) is 26.7 Å². The molecular formula is C14H30N2O5S. The minimum absolute atomic E-state index is 0.0627. The second-order valence-electron chi connectivity index (χ2n) is 5.58. The van der Waals surface area contributed by atoms with Gasteiger partial charge in [0, 0.05) is 39.9 Å². The van der Waals surface area contributed by atoms with Gasteiger partial charge in [-0.3, -0.25) is 4.79 Å². The Morgan fingerprint density at radius 2 is 1.91 bits per heavy atom. The number of hydrogen-bond acceptors (Lipinski definition) is 6. The zero-order valence-corrected chi connectivity index (χ0v) is 14.9. The Bertz CT molecular complexity index is 398. The summed E-state index contributed by atoms with van der Waals surface area (Å²) in [4.78, 5) is 13.3. The van der Waals surface area contributed by atoms with Gasteiger partial charge in [0.05, 0.1) is 19.3 Å². The van der Waals surface area contributed by atoms with E-state index in [0.29, 0.717) is 45.0 Å². The van der Waals surface area contributed by atoms with E-state index < -0.39 is 10.0 Å². The molecule has 0 saturated carbocycles. The molecule has 0 bridgehead atoms. The van der Waals surface area contributed by atoms with E-state index in [1.165, 1.54) is 7.11 Å². The number of methoxy groups -OCH3 is 2. The highest BCUT2D eigenvalue weighted by atomic mass is 32.2. The van der Waals surface area contributed by atoms with Gasteiger partial charge in [-0.05, 0) is 12.3 Å². The van der Waals surface area contributed by atoms with E-state index in [1.54, 1.807) is 7.11 Å². The van der Waals surface area contributed by atoms with Crippen molar-refractivity contribution >= 4 is 16.0 Å². The maximum Gasteiger partial charge on any atom is 0.306 e. The fraction of sp³-hybridized carbons (Fsp3) is 0.929. The van der Waals surface area contributed by atoms with E-state index in [1.807, 2.05) is 0 Å². The number of carbonyl (C=O) groups excluding carboxylic acids is 1. The van der Waals surface area contributed by atoms with Gasteiger partial charge in [-0.1, -0.05) is 13.8 Å². The minimum atomic E-state index is -3.26. The molecule has 0 atom stereocenters. The van der Waals surface area contributed by atoms with Crippen LogP contribution in [-0.2, 0) is 24.3 Å². The zero-order chi connectivity index (χ0) is 17.0. The summed E-state index contributed by atoms with van der Waals surface area (Å²) >= 11 is 0. The maximum atomic E-state index is 11.8. The van der Waals surface area contributed by atoms with E-state index in [0.717, 1.165) is 6.54 Å². The highest BCUT2D eigenvalue weighted by molar-refractivity contribution is 7.89. The number of nitrogens with one attached hydrogen (secondary N) is 1. The molecule has 22 heavy (non-hydrogen) atoms. The molecule has 0 aromatic rings.